The van der Waals surface area contributed by atoms with E-state index < -0.39 is 16.8 Å². The second-order valence-corrected chi connectivity index (χ2v) is 5.36. The van der Waals surface area contributed by atoms with E-state index in [0.29, 0.717) is 12.0 Å². The van der Waals surface area contributed by atoms with Gasteiger partial charge in [0.05, 0.1) is 10.8 Å². The number of ketones is 1. The minimum absolute atomic E-state index is 0.0718. The fraction of sp³-hybridized carbons (Fsp3) is 0.176. The van der Waals surface area contributed by atoms with E-state index in [1.807, 2.05) is 12.1 Å². The Morgan fingerprint density at radius 2 is 1.78 bits per heavy atom. The van der Waals surface area contributed by atoms with Crippen molar-refractivity contribution in [3.63, 3.8) is 0 Å². The van der Waals surface area contributed by atoms with Gasteiger partial charge in [-0.1, -0.05) is 24.3 Å². The summed E-state index contributed by atoms with van der Waals surface area (Å²) < 4.78 is 5.24. The average Bonchev–Trinajstić information content (AvgIpc) is 2.55. The summed E-state index contributed by atoms with van der Waals surface area (Å²) in [4.78, 5) is 34.4. The fourth-order valence-electron chi connectivity index (χ4n) is 2.64. The number of nitrogens with zero attached hydrogens (tertiary/aromatic N) is 1. The van der Waals surface area contributed by atoms with Gasteiger partial charge in [0, 0.05) is 24.1 Å². The molecule has 1 aliphatic carbocycles. The molecule has 1 atom stereocenters. The zero-order valence-corrected chi connectivity index (χ0v) is 12.1. The van der Waals surface area contributed by atoms with Gasteiger partial charge in [-0.3, -0.25) is 19.7 Å². The molecule has 3 rings (SSSR count). The van der Waals surface area contributed by atoms with Crippen LogP contribution >= 0.6 is 0 Å². The highest BCUT2D eigenvalue weighted by molar-refractivity contribution is 6.01. The van der Waals surface area contributed by atoms with E-state index in [9.17, 15) is 19.7 Å². The number of nitro groups is 1. The summed E-state index contributed by atoms with van der Waals surface area (Å²) in [6.07, 6.45) is 0.566. The monoisotopic (exact) mass is 311 g/mol. The van der Waals surface area contributed by atoms with Crippen LogP contribution in [0.15, 0.2) is 48.5 Å². The Hall–Kier alpha value is -3.02. The van der Waals surface area contributed by atoms with Crippen LogP contribution in [0.3, 0.4) is 0 Å². The van der Waals surface area contributed by atoms with E-state index in [-0.39, 0.29) is 23.6 Å². The van der Waals surface area contributed by atoms with Gasteiger partial charge in [-0.2, -0.15) is 0 Å². The number of ether oxygens (including phenoxy) is 1. The molecule has 0 aromatic heterocycles. The highest BCUT2D eigenvalue weighted by Gasteiger charge is 2.31. The van der Waals surface area contributed by atoms with Gasteiger partial charge in [-0.15, -0.1) is 0 Å². The molecule has 0 saturated heterocycles. The molecule has 0 unspecified atom stereocenters. The number of nitro benzene ring substituents is 1. The van der Waals surface area contributed by atoms with Gasteiger partial charge in [0.2, 0.25) is 0 Å². The maximum atomic E-state index is 12.2. The molecule has 2 aromatic rings. The third-order valence-electron chi connectivity index (χ3n) is 3.82. The fourth-order valence-corrected chi connectivity index (χ4v) is 2.64. The Morgan fingerprint density at radius 3 is 2.48 bits per heavy atom. The first-order chi connectivity index (χ1) is 11.0. The van der Waals surface area contributed by atoms with E-state index in [2.05, 4.69) is 0 Å². The van der Waals surface area contributed by atoms with Crippen LogP contribution in [-0.4, -0.2) is 16.7 Å². The normalized spacial score (nSPS) is 16.5. The summed E-state index contributed by atoms with van der Waals surface area (Å²) in [6, 6.07) is 12.5. The van der Waals surface area contributed by atoms with Gasteiger partial charge in [0.15, 0.2) is 5.78 Å². The predicted octanol–water partition coefficient (Wildman–Crippen LogP) is 2.95. The van der Waals surface area contributed by atoms with E-state index in [1.54, 1.807) is 12.1 Å². The molecule has 2 aromatic carbocycles. The first-order valence-corrected chi connectivity index (χ1v) is 7.12. The van der Waals surface area contributed by atoms with Crippen molar-refractivity contribution in [2.24, 2.45) is 5.92 Å². The molecule has 0 aliphatic heterocycles. The van der Waals surface area contributed by atoms with Crippen LogP contribution in [0, 0.1) is 16.0 Å². The number of carbonyl (C=O) groups excluding carboxylic acids is 2. The number of non-ortho nitro benzene ring substituents is 1. The molecule has 6 nitrogen and oxygen atoms in total. The van der Waals surface area contributed by atoms with Crippen molar-refractivity contribution < 1.29 is 19.2 Å². The lowest BCUT2D eigenvalue weighted by Crippen LogP contribution is -2.29. The summed E-state index contributed by atoms with van der Waals surface area (Å²) in [5.74, 6) is -0.876. The Labute approximate surface area is 131 Å². The number of benzene rings is 2. The molecule has 1 aliphatic rings. The van der Waals surface area contributed by atoms with Crippen molar-refractivity contribution in [2.45, 2.75) is 12.8 Å². The van der Waals surface area contributed by atoms with Gasteiger partial charge in [0.25, 0.3) is 5.69 Å². The number of hydrogen-bond donors (Lipinski definition) is 0. The van der Waals surface area contributed by atoms with Crippen LogP contribution < -0.4 is 4.74 Å². The Balaban J connectivity index is 1.72. The molecule has 0 heterocycles. The van der Waals surface area contributed by atoms with Gasteiger partial charge in [-0.25, -0.2) is 0 Å². The van der Waals surface area contributed by atoms with Crippen LogP contribution in [0.4, 0.5) is 5.69 Å². The third-order valence-corrected chi connectivity index (χ3v) is 3.82. The van der Waals surface area contributed by atoms with Crippen molar-refractivity contribution >= 4 is 17.4 Å². The van der Waals surface area contributed by atoms with Crippen LogP contribution in [0.5, 0.6) is 5.75 Å². The van der Waals surface area contributed by atoms with Crippen molar-refractivity contribution in [1.82, 2.24) is 0 Å². The lowest BCUT2D eigenvalue weighted by molar-refractivity contribution is -0.384. The second-order valence-electron chi connectivity index (χ2n) is 5.36. The number of esters is 1. The summed E-state index contributed by atoms with van der Waals surface area (Å²) >= 11 is 0. The molecule has 0 N–H and O–H groups in total. The van der Waals surface area contributed by atoms with Gasteiger partial charge in [-0.05, 0) is 24.1 Å². The number of rotatable bonds is 3. The maximum Gasteiger partial charge on any atom is 0.315 e. The lowest BCUT2D eigenvalue weighted by atomic mass is 9.83. The topological polar surface area (TPSA) is 86.5 Å². The molecule has 23 heavy (non-hydrogen) atoms. The molecule has 0 amide bonds. The van der Waals surface area contributed by atoms with Gasteiger partial charge < -0.3 is 4.74 Å². The van der Waals surface area contributed by atoms with Crippen LogP contribution in [0.2, 0.25) is 0 Å². The average molecular weight is 311 g/mol. The zero-order chi connectivity index (χ0) is 16.4. The summed E-state index contributed by atoms with van der Waals surface area (Å²) in [7, 11) is 0. The third kappa shape index (κ3) is 3.11. The molecular weight excluding hydrogens is 298 g/mol. The molecule has 0 fully saturated rings. The van der Waals surface area contributed by atoms with Crippen LogP contribution in [-0.2, 0) is 11.2 Å². The molecular formula is C17H13NO5. The van der Waals surface area contributed by atoms with Crippen molar-refractivity contribution in [1.29, 1.82) is 0 Å². The van der Waals surface area contributed by atoms with Gasteiger partial charge in [0.1, 0.15) is 5.75 Å². The minimum Gasteiger partial charge on any atom is -0.426 e. The minimum atomic E-state index is -0.535. The van der Waals surface area contributed by atoms with E-state index in [1.165, 1.54) is 24.3 Å². The SMILES string of the molecule is O=C1C[C@H](C(=O)Oc2ccc([N+](=O)[O-])cc2)Cc2ccccc21. The predicted molar refractivity (Wildman–Crippen MR) is 81.3 cm³/mol. The number of carbonyl (C=O) groups is 2. The smallest absolute Gasteiger partial charge is 0.315 e. The molecule has 0 bridgehead atoms. The number of fused-ring (bicyclic) bond motifs is 1. The lowest BCUT2D eigenvalue weighted by Gasteiger charge is -2.22. The number of Topliss-reactive ketones (excluding diaryl/α,β-unsaturated/α-hetero) is 1. The standard InChI is InChI=1S/C17H13NO5/c19-16-10-12(9-11-3-1-2-4-15(11)16)17(20)23-14-7-5-13(6-8-14)18(21)22/h1-8,12H,9-10H2/t12-/m1/s1. The Bertz CT molecular complexity index is 782. The molecule has 116 valence electrons. The maximum absolute atomic E-state index is 12.2. The Morgan fingerprint density at radius 1 is 1.09 bits per heavy atom. The first-order valence-electron chi connectivity index (χ1n) is 7.12. The quantitative estimate of drug-likeness (QED) is 0.376. The molecule has 6 heteroatoms. The van der Waals surface area contributed by atoms with Gasteiger partial charge >= 0.3 is 5.97 Å². The summed E-state index contributed by atoms with van der Waals surface area (Å²) in [6.45, 7) is 0. The zero-order valence-electron chi connectivity index (χ0n) is 12.1. The van der Waals surface area contributed by atoms with E-state index in [0.717, 1.165) is 5.56 Å². The highest BCUT2D eigenvalue weighted by atomic mass is 16.6. The Kier molecular flexibility index (Phi) is 3.89. The summed E-state index contributed by atoms with van der Waals surface area (Å²) in [5.41, 5.74) is 1.42. The van der Waals surface area contributed by atoms with Crippen LogP contribution in [0.25, 0.3) is 0 Å². The highest BCUT2D eigenvalue weighted by Crippen LogP contribution is 2.27. The van der Waals surface area contributed by atoms with Crippen molar-refractivity contribution in [3.8, 4) is 5.75 Å². The largest absolute Gasteiger partial charge is 0.426 e. The van der Waals surface area contributed by atoms with E-state index in [4.69, 9.17) is 4.74 Å². The summed E-state index contributed by atoms with van der Waals surface area (Å²) in [5, 5.41) is 10.6. The molecule has 0 spiro atoms. The molecule has 0 saturated carbocycles. The number of hydrogen-bond acceptors (Lipinski definition) is 5. The molecule has 0 radical (unpaired) electrons. The van der Waals surface area contributed by atoms with E-state index >= 15 is 0 Å². The van der Waals surface area contributed by atoms with Crippen molar-refractivity contribution in [2.75, 3.05) is 0 Å². The second kappa shape index (κ2) is 6.00. The van der Waals surface area contributed by atoms with Crippen molar-refractivity contribution in [3.05, 3.63) is 69.8 Å². The van der Waals surface area contributed by atoms with Crippen LogP contribution in [0.1, 0.15) is 22.3 Å². The first kappa shape index (κ1) is 14.9.